The first-order valence-corrected chi connectivity index (χ1v) is 5.50. The molecular formula is C10H13N3S. The zero-order chi connectivity index (χ0) is 9.97. The van der Waals surface area contributed by atoms with E-state index in [1.165, 1.54) is 5.69 Å². The van der Waals surface area contributed by atoms with Gasteiger partial charge in [-0.25, -0.2) is 4.98 Å². The zero-order valence-corrected chi connectivity index (χ0v) is 8.92. The molecular weight excluding hydrogens is 194 g/mol. The van der Waals surface area contributed by atoms with Crippen molar-refractivity contribution >= 4 is 11.3 Å². The number of aromatic nitrogens is 2. The van der Waals surface area contributed by atoms with Crippen LogP contribution in [0, 0.1) is 0 Å². The molecule has 0 saturated heterocycles. The number of rotatable bonds is 3. The molecule has 0 aliphatic heterocycles. The van der Waals surface area contributed by atoms with E-state index in [2.05, 4.69) is 34.1 Å². The lowest BCUT2D eigenvalue weighted by molar-refractivity contribution is 0.811. The van der Waals surface area contributed by atoms with Crippen LogP contribution in [0.1, 0.15) is 5.69 Å². The summed E-state index contributed by atoms with van der Waals surface area (Å²) in [7, 11) is 2.06. The fourth-order valence-electron chi connectivity index (χ4n) is 1.55. The molecule has 3 nitrogen and oxygen atoms in total. The molecule has 2 aromatic heterocycles. The summed E-state index contributed by atoms with van der Waals surface area (Å²) < 4.78 is 2.15. The summed E-state index contributed by atoms with van der Waals surface area (Å²) in [6.45, 7) is 0.689. The maximum atomic E-state index is 5.53. The van der Waals surface area contributed by atoms with Crippen LogP contribution >= 0.6 is 11.3 Å². The summed E-state index contributed by atoms with van der Waals surface area (Å²) in [6.07, 6.45) is 0.917. The van der Waals surface area contributed by atoms with Gasteiger partial charge in [0.25, 0.3) is 0 Å². The van der Waals surface area contributed by atoms with E-state index in [0.29, 0.717) is 6.54 Å². The highest BCUT2D eigenvalue weighted by Crippen LogP contribution is 2.21. The van der Waals surface area contributed by atoms with Crippen molar-refractivity contribution in [3.05, 3.63) is 28.7 Å². The smallest absolute Gasteiger partial charge is 0.0975 e. The Labute approximate surface area is 87.2 Å². The minimum atomic E-state index is 0.689. The number of hydrogen-bond acceptors (Lipinski definition) is 3. The third-order valence-corrected chi connectivity index (χ3v) is 2.91. The van der Waals surface area contributed by atoms with Crippen LogP contribution in [0.5, 0.6) is 0 Å². The highest BCUT2D eigenvalue weighted by atomic mass is 32.1. The zero-order valence-electron chi connectivity index (χ0n) is 8.10. The topological polar surface area (TPSA) is 43.8 Å². The van der Waals surface area contributed by atoms with Gasteiger partial charge in [0.1, 0.15) is 0 Å². The van der Waals surface area contributed by atoms with Crippen LogP contribution in [0.3, 0.4) is 0 Å². The number of nitrogens with zero attached hydrogens (tertiary/aromatic N) is 2. The fraction of sp³-hybridized carbons (Fsp3) is 0.300. The first-order chi connectivity index (χ1) is 6.83. The second-order valence-electron chi connectivity index (χ2n) is 3.18. The van der Waals surface area contributed by atoms with Crippen LogP contribution < -0.4 is 5.73 Å². The molecule has 0 radical (unpaired) electrons. The molecule has 0 aliphatic rings. The lowest BCUT2D eigenvalue weighted by atomic mass is 10.3. The molecule has 2 rings (SSSR count). The van der Waals surface area contributed by atoms with Gasteiger partial charge in [-0.15, -0.1) is 11.3 Å². The van der Waals surface area contributed by atoms with Crippen LogP contribution in [0.25, 0.3) is 11.4 Å². The van der Waals surface area contributed by atoms with Gasteiger partial charge in [0, 0.05) is 18.1 Å². The fourth-order valence-corrected chi connectivity index (χ4v) is 2.09. The Hall–Kier alpha value is -1.13. The van der Waals surface area contributed by atoms with E-state index >= 15 is 0 Å². The Morgan fingerprint density at radius 3 is 3.00 bits per heavy atom. The van der Waals surface area contributed by atoms with Crippen molar-refractivity contribution in [2.75, 3.05) is 6.54 Å². The molecule has 0 aliphatic carbocycles. The van der Waals surface area contributed by atoms with Crippen molar-refractivity contribution in [1.82, 2.24) is 9.55 Å². The van der Waals surface area contributed by atoms with Crippen molar-refractivity contribution in [2.45, 2.75) is 6.42 Å². The molecule has 14 heavy (non-hydrogen) atoms. The molecule has 2 heterocycles. The molecule has 0 bridgehead atoms. The second kappa shape index (κ2) is 3.94. The highest BCUT2D eigenvalue weighted by Gasteiger charge is 2.07. The quantitative estimate of drug-likeness (QED) is 0.831. The van der Waals surface area contributed by atoms with Crippen molar-refractivity contribution in [2.24, 2.45) is 12.8 Å². The first kappa shape index (κ1) is 9.43. The van der Waals surface area contributed by atoms with Gasteiger partial charge in [0.05, 0.1) is 16.9 Å². The first-order valence-electron chi connectivity index (χ1n) is 4.56. The molecule has 0 atom stereocenters. The summed E-state index contributed by atoms with van der Waals surface area (Å²) in [5.74, 6) is 0. The normalized spacial score (nSPS) is 10.7. The number of nitrogens with two attached hydrogens (primary N) is 1. The Balaban J connectivity index is 2.36. The molecule has 0 aromatic carbocycles. The van der Waals surface area contributed by atoms with Crippen LogP contribution in [0.4, 0.5) is 0 Å². The second-order valence-corrected chi connectivity index (χ2v) is 3.90. The van der Waals surface area contributed by atoms with E-state index < -0.39 is 0 Å². The summed E-state index contributed by atoms with van der Waals surface area (Å²) >= 11 is 1.62. The van der Waals surface area contributed by atoms with Gasteiger partial charge < -0.3 is 10.3 Å². The lowest BCUT2D eigenvalue weighted by Gasteiger charge is -2.04. The van der Waals surface area contributed by atoms with Crippen molar-refractivity contribution in [1.29, 1.82) is 0 Å². The Morgan fingerprint density at radius 2 is 2.36 bits per heavy atom. The van der Waals surface area contributed by atoms with Crippen LogP contribution in [-0.2, 0) is 13.5 Å². The van der Waals surface area contributed by atoms with Crippen molar-refractivity contribution in [3.8, 4) is 11.4 Å². The van der Waals surface area contributed by atoms with Crippen LogP contribution in [0.2, 0.25) is 0 Å². The molecule has 2 N–H and O–H groups in total. The maximum Gasteiger partial charge on any atom is 0.0975 e. The summed E-state index contributed by atoms with van der Waals surface area (Å²) in [5, 5.41) is 2.06. The molecule has 4 heteroatoms. The summed E-state index contributed by atoms with van der Waals surface area (Å²) in [6, 6.07) is 4.21. The average molecular weight is 207 g/mol. The van der Waals surface area contributed by atoms with Crippen molar-refractivity contribution < 1.29 is 0 Å². The summed E-state index contributed by atoms with van der Waals surface area (Å²) in [5.41, 5.74) is 10.8. The largest absolute Gasteiger partial charge is 0.346 e. The van der Waals surface area contributed by atoms with E-state index in [-0.39, 0.29) is 0 Å². The Kier molecular flexibility index (Phi) is 2.65. The lowest BCUT2D eigenvalue weighted by Crippen LogP contribution is -2.07. The van der Waals surface area contributed by atoms with Gasteiger partial charge in [0.15, 0.2) is 0 Å². The number of hydrogen-bond donors (Lipinski definition) is 1. The average Bonchev–Trinajstić information content (AvgIpc) is 2.77. The molecule has 0 unspecified atom stereocenters. The number of thiazole rings is 1. The minimum absolute atomic E-state index is 0.689. The SMILES string of the molecule is Cn1c(CCN)ccc1-c1cscn1. The molecule has 2 aromatic rings. The molecule has 0 fully saturated rings. The van der Waals surface area contributed by atoms with E-state index in [1.54, 1.807) is 11.3 Å². The molecule has 0 amide bonds. The van der Waals surface area contributed by atoms with Gasteiger partial charge >= 0.3 is 0 Å². The standard InChI is InChI=1S/C10H13N3S/c1-13-8(4-5-11)2-3-10(13)9-6-14-7-12-9/h2-3,6-7H,4-5,11H2,1H3. The Morgan fingerprint density at radius 1 is 1.50 bits per heavy atom. The molecule has 74 valence electrons. The van der Waals surface area contributed by atoms with Gasteiger partial charge in [0.2, 0.25) is 0 Å². The van der Waals surface area contributed by atoms with E-state index in [9.17, 15) is 0 Å². The van der Waals surface area contributed by atoms with E-state index in [4.69, 9.17) is 5.73 Å². The molecule has 0 saturated carbocycles. The van der Waals surface area contributed by atoms with Gasteiger partial charge in [-0.2, -0.15) is 0 Å². The van der Waals surface area contributed by atoms with E-state index in [0.717, 1.165) is 17.8 Å². The minimum Gasteiger partial charge on any atom is -0.346 e. The van der Waals surface area contributed by atoms with Crippen molar-refractivity contribution in [3.63, 3.8) is 0 Å². The highest BCUT2D eigenvalue weighted by molar-refractivity contribution is 7.07. The predicted octanol–water partition coefficient (Wildman–Crippen LogP) is 1.65. The monoisotopic (exact) mass is 207 g/mol. The van der Waals surface area contributed by atoms with Crippen LogP contribution in [0.15, 0.2) is 23.0 Å². The van der Waals surface area contributed by atoms with Gasteiger partial charge in [-0.05, 0) is 25.1 Å². The van der Waals surface area contributed by atoms with Crippen LogP contribution in [-0.4, -0.2) is 16.1 Å². The third kappa shape index (κ3) is 1.58. The van der Waals surface area contributed by atoms with Gasteiger partial charge in [-0.3, -0.25) is 0 Å². The predicted molar refractivity (Wildman–Crippen MR) is 59.3 cm³/mol. The van der Waals surface area contributed by atoms with E-state index in [1.807, 2.05) is 5.51 Å². The van der Waals surface area contributed by atoms with Gasteiger partial charge in [-0.1, -0.05) is 0 Å². The molecule has 0 spiro atoms. The summed E-state index contributed by atoms with van der Waals surface area (Å²) in [4.78, 5) is 4.29. The maximum absolute atomic E-state index is 5.53. The third-order valence-electron chi connectivity index (χ3n) is 2.32. The Bertz CT molecular complexity index is 403.